The molecule has 1 fully saturated rings. The zero-order valence-electron chi connectivity index (χ0n) is 10.3. The number of nitriles is 1. The molecule has 0 radical (unpaired) electrons. The summed E-state index contributed by atoms with van der Waals surface area (Å²) in [4.78, 5) is 0.318. The van der Waals surface area contributed by atoms with Crippen LogP contribution in [-0.2, 0) is 16.4 Å². The van der Waals surface area contributed by atoms with Crippen molar-refractivity contribution < 1.29 is 8.42 Å². The second-order valence-electron chi connectivity index (χ2n) is 4.74. The van der Waals surface area contributed by atoms with Crippen molar-refractivity contribution in [3.63, 3.8) is 0 Å². The highest BCUT2D eigenvalue weighted by Crippen LogP contribution is 2.24. The molecule has 0 amide bonds. The van der Waals surface area contributed by atoms with Crippen molar-refractivity contribution in [3.8, 4) is 6.07 Å². The molecule has 18 heavy (non-hydrogen) atoms. The van der Waals surface area contributed by atoms with E-state index in [4.69, 9.17) is 5.26 Å². The summed E-state index contributed by atoms with van der Waals surface area (Å²) in [5.41, 5.74) is 0.839. The predicted octanol–water partition coefficient (Wildman–Crippen LogP) is 1.78. The second-order valence-corrected chi connectivity index (χ2v) is 6.67. The van der Waals surface area contributed by atoms with Crippen LogP contribution in [0.3, 0.4) is 0 Å². The summed E-state index contributed by atoms with van der Waals surface area (Å²) in [5.74, 6) is 0.428. The van der Waals surface area contributed by atoms with Crippen LogP contribution in [0.4, 0.5) is 0 Å². The molecule has 1 heterocycles. The number of benzene rings is 1. The van der Waals surface area contributed by atoms with E-state index < -0.39 is 10.0 Å². The van der Waals surface area contributed by atoms with Crippen molar-refractivity contribution in [2.24, 2.45) is 5.92 Å². The monoisotopic (exact) mass is 264 g/mol. The average molecular weight is 264 g/mol. The van der Waals surface area contributed by atoms with Crippen LogP contribution in [-0.4, -0.2) is 25.8 Å². The topological polar surface area (TPSA) is 61.2 Å². The number of hydrogen-bond donors (Lipinski definition) is 0. The second kappa shape index (κ2) is 5.09. The molecular weight excluding hydrogens is 248 g/mol. The highest BCUT2D eigenvalue weighted by molar-refractivity contribution is 7.89. The first-order valence-corrected chi connectivity index (χ1v) is 7.44. The minimum absolute atomic E-state index is 0.307. The Morgan fingerprint density at radius 3 is 2.56 bits per heavy atom. The molecule has 1 unspecified atom stereocenters. The fourth-order valence-electron chi connectivity index (χ4n) is 2.13. The first-order chi connectivity index (χ1) is 8.54. The number of sulfonamides is 1. The molecule has 0 N–H and O–H groups in total. The lowest BCUT2D eigenvalue weighted by atomic mass is 10.2. The van der Waals surface area contributed by atoms with Crippen LogP contribution in [0.1, 0.15) is 18.9 Å². The Balaban J connectivity index is 2.22. The van der Waals surface area contributed by atoms with E-state index in [0.29, 0.717) is 30.3 Å². The van der Waals surface area contributed by atoms with Crippen LogP contribution < -0.4 is 0 Å². The Morgan fingerprint density at radius 2 is 2.06 bits per heavy atom. The molecule has 5 heteroatoms. The van der Waals surface area contributed by atoms with Gasteiger partial charge in [-0.05, 0) is 30.0 Å². The minimum Gasteiger partial charge on any atom is -0.207 e. The van der Waals surface area contributed by atoms with Gasteiger partial charge < -0.3 is 0 Å². The lowest BCUT2D eigenvalue weighted by molar-refractivity contribution is 0.464. The van der Waals surface area contributed by atoms with Gasteiger partial charge in [-0.3, -0.25) is 0 Å². The van der Waals surface area contributed by atoms with Crippen molar-refractivity contribution >= 4 is 10.0 Å². The first-order valence-electron chi connectivity index (χ1n) is 6.00. The normalized spacial score (nSPS) is 20.8. The van der Waals surface area contributed by atoms with E-state index >= 15 is 0 Å². The highest BCUT2D eigenvalue weighted by Gasteiger charge is 2.30. The summed E-state index contributed by atoms with van der Waals surface area (Å²) in [6, 6.07) is 8.63. The fourth-order valence-corrected chi connectivity index (χ4v) is 3.71. The van der Waals surface area contributed by atoms with Gasteiger partial charge in [-0.2, -0.15) is 9.57 Å². The maximum absolute atomic E-state index is 12.3. The first kappa shape index (κ1) is 13.1. The van der Waals surface area contributed by atoms with Crippen LogP contribution in [0.5, 0.6) is 0 Å². The maximum atomic E-state index is 12.3. The van der Waals surface area contributed by atoms with E-state index in [1.54, 1.807) is 24.3 Å². The van der Waals surface area contributed by atoms with Crippen LogP contribution >= 0.6 is 0 Å². The molecule has 1 aromatic rings. The quantitative estimate of drug-likeness (QED) is 0.836. The van der Waals surface area contributed by atoms with E-state index in [1.165, 1.54) is 4.31 Å². The Hall–Kier alpha value is -1.38. The summed E-state index contributed by atoms with van der Waals surface area (Å²) < 4.78 is 26.2. The van der Waals surface area contributed by atoms with Gasteiger partial charge in [0.2, 0.25) is 10.0 Å². The average Bonchev–Trinajstić information content (AvgIpc) is 2.78. The van der Waals surface area contributed by atoms with Crippen molar-refractivity contribution in [1.29, 1.82) is 5.26 Å². The van der Waals surface area contributed by atoms with Gasteiger partial charge in [0.25, 0.3) is 0 Å². The third-order valence-electron chi connectivity index (χ3n) is 3.23. The Labute approximate surface area is 108 Å². The van der Waals surface area contributed by atoms with Gasteiger partial charge in [-0.15, -0.1) is 0 Å². The van der Waals surface area contributed by atoms with Crippen molar-refractivity contribution in [1.82, 2.24) is 4.31 Å². The minimum atomic E-state index is -3.35. The van der Waals surface area contributed by atoms with Crippen molar-refractivity contribution in [2.75, 3.05) is 13.1 Å². The standard InChI is InChI=1S/C13H16N2O2S/c1-11-7-9-15(10-11)18(16,17)13-4-2-12(3-5-13)6-8-14/h2-5,11H,6-7,9-10H2,1H3. The summed E-state index contributed by atoms with van der Waals surface area (Å²) in [7, 11) is -3.35. The van der Waals surface area contributed by atoms with E-state index in [9.17, 15) is 8.42 Å². The van der Waals surface area contributed by atoms with E-state index in [0.717, 1.165) is 12.0 Å². The predicted molar refractivity (Wildman–Crippen MR) is 68.3 cm³/mol. The van der Waals surface area contributed by atoms with Gasteiger partial charge in [-0.25, -0.2) is 8.42 Å². The zero-order chi connectivity index (χ0) is 13.2. The molecule has 1 saturated heterocycles. The molecule has 1 aromatic carbocycles. The fraction of sp³-hybridized carbons (Fsp3) is 0.462. The molecule has 1 atom stereocenters. The van der Waals surface area contributed by atoms with E-state index in [1.807, 2.05) is 6.07 Å². The Morgan fingerprint density at radius 1 is 1.39 bits per heavy atom. The van der Waals surface area contributed by atoms with Gasteiger partial charge in [0.15, 0.2) is 0 Å². The molecule has 0 bridgehead atoms. The van der Waals surface area contributed by atoms with Gasteiger partial charge in [0.05, 0.1) is 17.4 Å². The van der Waals surface area contributed by atoms with Crippen molar-refractivity contribution in [3.05, 3.63) is 29.8 Å². The van der Waals surface area contributed by atoms with Gasteiger partial charge in [0, 0.05) is 13.1 Å². The smallest absolute Gasteiger partial charge is 0.207 e. The van der Waals surface area contributed by atoms with Crippen LogP contribution in [0.2, 0.25) is 0 Å². The summed E-state index contributed by atoms with van der Waals surface area (Å²) in [5, 5.41) is 8.57. The molecule has 2 rings (SSSR count). The van der Waals surface area contributed by atoms with Crippen molar-refractivity contribution in [2.45, 2.75) is 24.7 Å². The molecule has 4 nitrogen and oxygen atoms in total. The van der Waals surface area contributed by atoms with Gasteiger partial charge in [-0.1, -0.05) is 19.1 Å². The molecular formula is C13H16N2O2S. The zero-order valence-corrected chi connectivity index (χ0v) is 11.2. The van der Waals surface area contributed by atoms with E-state index in [-0.39, 0.29) is 0 Å². The van der Waals surface area contributed by atoms with Crippen LogP contribution in [0.25, 0.3) is 0 Å². The molecule has 0 saturated carbocycles. The third kappa shape index (κ3) is 2.55. The number of rotatable bonds is 3. The molecule has 1 aliphatic rings. The summed E-state index contributed by atoms with van der Waals surface area (Å²) >= 11 is 0. The molecule has 1 aliphatic heterocycles. The molecule has 0 aliphatic carbocycles. The molecule has 0 aromatic heterocycles. The SMILES string of the molecule is CC1CCN(S(=O)(=O)c2ccc(CC#N)cc2)C1. The van der Waals surface area contributed by atoms with Crippen LogP contribution in [0.15, 0.2) is 29.2 Å². The van der Waals surface area contributed by atoms with Gasteiger partial charge in [0.1, 0.15) is 0 Å². The summed E-state index contributed by atoms with van der Waals surface area (Å²) in [6.07, 6.45) is 1.23. The third-order valence-corrected chi connectivity index (χ3v) is 5.11. The molecule has 0 spiro atoms. The highest BCUT2D eigenvalue weighted by atomic mass is 32.2. The Bertz CT molecular complexity index is 558. The Kier molecular flexibility index (Phi) is 3.69. The summed E-state index contributed by atoms with van der Waals surface area (Å²) in [6.45, 7) is 3.26. The largest absolute Gasteiger partial charge is 0.243 e. The lowest BCUT2D eigenvalue weighted by Gasteiger charge is -2.16. The maximum Gasteiger partial charge on any atom is 0.243 e. The molecule has 96 valence electrons. The lowest BCUT2D eigenvalue weighted by Crippen LogP contribution is -2.28. The van der Waals surface area contributed by atoms with Gasteiger partial charge >= 0.3 is 0 Å². The van der Waals surface area contributed by atoms with Crippen LogP contribution in [0, 0.1) is 17.2 Å². The van der Waals surface area contributed by atoms with E-state index in [2.05, 4.69) is 6.92 Å². The number of nitrogens with zero attached hydrogens (tertiary/aromatic N) is 2. The number of hydrogen-bond acceptors (Lipinski definition) is 3.